The number of benzene rings is 2. The zero-order chi connectivity index (χ0) is 18.0. The number of unbranched alkanes of at least 4 members (excludes halogenated alkanes) is 1. The van der Waals surface area contributed by atoms with Gasteiger partial charge in [0.2, 0.25) is 0 Å². The number of rotatable bonds is 10. The fraction of sp³-hybridized carbons (Fsp3) is 0.318. The molecule has 1 aromatic heterocycles. The zero-order valence-corrected chi connectivity index (χ0v) is 15.0. The van der Waals surface area contributed by atoms with Crippen molar-refractivity contribution in [1.82, 2.24) is 9.55 Å². The van der Waals surface area contributed by atoms with Gasteiger partial charge in [0.25, 0.3) is 0 Å². The Hall–Kier alpha value is -2.59. The highest BCUT2D eigenvalue weighted by Crippen LogP contribution is 2.21. The van der Waals surface area contributed by atoms with Crippen LogP contribution in [0.4, 0.5) is 0 Å². The Bertz CT molecular complexity index is 757. The van der Waals surface area contributed by atoms with Gasteiger partial charge in [-0.2, -0.15) is 0 Å². The standard InChI is InChI=1S/C22H26N2O2/c25-21(16-24-15-14-23-18-24)17-26-22-13-7-6-12-20(22)11-5-4-10-19-8-2-1-3-9-19/h1-3,6-9,12-15,18,21,25H,4-5,10-11,16-17H2. The molecule has 1 atom stereocenters. The first-order valence-corrected chi connectivity index (χ1v) is 9.19. The van der Waals surface area contributed by atoms with Gasteiger partial charge in [-0.3, -0.25) is 0 Å². The van der Waals surface area contributed by atoms with Crippen molar-refractivity contribution in [3.8, 4) is 5.75 Å². The molecule has 3 aromatic rings. The van der Waals surface area contributed by atoms with Gasteiger partial charge in [0.05, 0.1) is 12.9 Å². The number of nitrogens with zero attached hydrogens (tertiary/aromatic N) is 2. The predicted octanol–water partition coefficient (Wildman–Crippen LogP) is 3.89. The van der Waals surface area contributed by atoms with E-state index in [1.807, 2.05) is 29.0 Å². The topological polar surface area (TPSA) is 47.3 Å². The Balaban J connectivity index is 1.45. The summed E-state index contributed by atoms with van der Waals surface area (Å²) in [5, 5.41) is 10.1. The Morgan fingerprint density at radius 2 is 1.73 bits per heavy atom. The lowest BCUT2D eigenvalue weighted by molar-refractivity contribution is 0.0920. The molecule has 0 radical (unpaired) electrons. The molecule has 0 saturated heterocycles. The number of para-hydroxylation sites is 1. The van der Waals surface area contributed by atoms with Gasteiger partial charge in [-0.05, 0) is 42.9 Å². The summed E-state index contributed by atoms with van der Waals surface area (Å²) < 4.78 is 7.73. The molecule has 4 heteroatoms. The SMILES string of the molecule is OC(COc1ccccc1CCCCc1ccccc1)Cn1ccnc1. The van der Waals surface area contributed by atoms with Crippen LogP contribution < -0.4 is 4.74 Å². The van der Waals surface area contributed by atoms with Gasteiger partial charge in [-0.1, -0.05) is 48.5 Å². The predicted molar refractivity (Wildman–Crippen MR) is 103 cm³/mol. The molecule has 0 aliphatic carbocycles. The number of aryl methyl sites for hydroxylation is 2. The zero-order valence-electron chi connectivity index (χ0n) is 15.0. The minimum Gasteiger partial charge on any atom is -0.491 e. The Morgan fingerprint density at radius 1 is 0.962 bits per heavy atom. The summed E-state index contributed by atoms with van der Waals surface area (Å²) in [6.45, 7) is 0.762. The van der Waals surface area contributed by atoms with Gasteiger partial charge in [0.15, 0.2) is 0 Å². The van der Waals surface area contributed by atoms with E-state index in [0.717, 1.165) is 31.4 Å². The number of aliphatic hydroxyl groups excluding tert-OH is 1. The molecule has 2 aromatic carbocycles. The normalized spacial score (nSPS) is 12.0. The smallest absolute Gasteiger partial charge is 0.122 e. The molecule has 0 amide bonds. The molecular formula is C22H26N2O2. The summed E-state index contributed by atoms with van der Waals surface area (Å²) in [5.74, 6) is 0.872. The second kappa shape index (κ2) is 9.78. The lowest BCUT2D eigenvalue weighted by Crippen LogP contribution is -2.23. The van der Waals surface area contributed by atoms with E-state index in [4.69, 9.17) is 4.74 Å². The summed E-state index contributed by atoms with van der Waals surface area (Å²) in [7, 11) is 0. The van der Waals surface area contributed by atoms with Gasteiger partial charge in [-0.15, -0.1) is 0 Å². The van der Waals surface area contributed by atoms with Crippen molar-refractivity contribution in [2.45, 2.75) is 38.3 Å². The highest BCUT2D eigenvalue weighted by atomic mass is 16.5. The number of imidazole rings is 1. The van der Waals surface area contributed by atoms with Crippen LogP contribution in [0.3, 0.4) is 0 Å². The van der Waals surface area contributed by atoms with E-state index < -0.39 is 6.10 Å². The molecule has 3 rings (SSSR count). The number of hydrogen-bond donors (Lipinski definition) is 1. The molecule has 4 nitrogen and oxygen atoms in total. The van der Waals surface area contributed by atoms with E-state index in [0.29, 0.717) is 6.54 Å². The maximum atomic E-state index is 10.1. The van der Waals surface area contributed by atoms with Crippen LogP contribution in [0.2, 0.25) is 0 Å². The van der Waals surface area contributed by atoms with E-state index in [1.165, 1.54) is 11.1 Å². The molecule has 1 heterocycles. The van der Waals surface area contributed by atoms with E-state index in [9.17, 15) is 5.11 Å². The van der Waals surface area contributed by atoms with E-state index in [2.05, 4.69) is 41.4 Å². The van der Waals surface area contributed by atoms with Crippen molar-refractivity contribution in [3.05, 3.63) is 84.4 Å². The molecule has 0 bridgehead atoms. The fourth-order valence-corrected chi connectivity index (χ4v) is 3.02. The van der Waals surface area contributed by atoms with Gasteiger partial charge in [0, 0.05) is 12.4 Å². The molecular weight excluding hydrogens is 324 g/mol. The van der Waals surface area contributed by atoms with Crippen molar-refractivity contribution in [3.63, 3.8) is 0 Å². The maximum absolute atomic E-state index is 10.1. The molecule has 0 spiro atoms. The number of ether oxygens (including phenoxy) is 1. The van der Waals surface area contributed by atoms with Crippen LogP contribution in [0.25, 0.3) is 0 Å². The fourth-order valence-electron chi connectivity index (χ4n) is 3.02. The molecule has 0 saturated carbocycles. The monoisotopic (exact) mass is 350 g/mol. The van der Waals surface area contributed by atoms with Gasteiger partial charge < -0.3 is 14.4 Å². The number of hydrogen-bond acceptors (Lipinski definition) is 3. The lowest BCUT2D eigenvalue weighted by Gasteiger charge is -2.15. The van der Waals surface area contributed by atoms with Crippen LogP contribution in [-0.4, -0.2) is 27.4 Å². The highest BCUT2D eigenvalue weighted by molar-refractivity contribution is 5.33. The molecule has 0 fully saturated rings. The molecule has 1 unspecified atom stereocenters. The molecule has 136 valence electrons. The van der Waals surface area contributed by atoms with Crippen LogP contribution in [-0.2, 0) is 19.4 Å². The molecule has 0 aliphatic heterocycles. The van der Waals surface area contributed by atoms with E-state index in [1.54, 1.807) is 12.5 Å². The largest absolute Gasteiger partial charge is 0.491 e. The minimum absolute atomic E-state index is 0.277. The lowest BCUT2D eigenvalue weighted by atomic mass is 10.0. The second-order valence-electron chi connectivity index (χ2n) is 6.52. The number of aromatic nitrogens is 2. The van der Waals surface area contributed by atoms with Crippen LogP contribution >= 0.6 is 0 Å². The van der Waals surface area contributed by atoms with Crippen LogP contribution in [0.1, 0.15) is 24.0 Å². The van der Waals surface area contributed by atoms with Crippen LogP contribution in [0.5, 0.6) is 5.75 Å². The average Bonchev–Trinajstić information content (AvgIpc) is 3.18. The first-order valence-electron chi connectivity index (χ1n) is 9.19. The summed E-state index contributed by atoms with van der Waals surface area (Å²) in [4.78, 5) is 3.98. The Kier molecular flexibility index (Phi) is 6.85. The molecule has 0 aliphatic rings. The van der Waals surface area contributed by atoms with E-state index in [-0.39, 0.29) is 6.61 Å². The highest BCUT2D eigenvalue weighted by Gasteiger charge is 2.09. The third-order valence-corrected chi connectivity index (χ3v) is 4.39. The van der Waals surface area contributed by atoms with Crippen molar-refractivity contribution < 1.29 is 9.84 Å². The average molecular weight is 350 g/mol. The molecule has 1 N–H and O–H groups in total. The van der Waals surface area contributed by atoms with Gasteiger partial charge in [-0.25, -0.2) is 4.98 Å². The summed E-state index contributed by atoms with van der Waals surface area (Å²) in [5.41, 5.74) is 2.59. The van der Waals surface area contributed by atoms with Gasteiger partial charge >= 0.3 is 0 Å². The Labute approximate surface area is 155 Å². The summed E-state index contributed by atoms with van der Waals surface area (Å²) in [6.07, 6.45) is 9.05. The third kappa shape index (κ3) is 5.74. The summed E-state index contributed by atoms with van der Waals surface area (Å²) >= 11 is 0. The van der Waals surface area contributed by atoms with E-state index >= 15 is 0 Å². The second-order valence-corrected chi connectivity index (χ2v) is 6.52. The third-order valence-electron chi connectivity index (χ3n) is 4.39. The van der Waals surface area contributed by atoms with Crippen molar-refractivity contribution >= 4 is 0 Å². The quantitative estimate of drug-likeness (QED) is 0.564. The van der Waals surface area contributed by atoms with Crippen molar-refractivity contribution in [2.75, 3.05) is 6.61 Å². The Morgan fingerprint density at radius 3 is 2.54 bits per heavy atom. The number of aliphatic hydroxyl groups is 1. The van der Waals surface area contributed by atoms with Crippen LogP contribution in [0, 0.1) is 0 Å². The van der Waals surface area contributed by atoms with Crippen molar-refractivity contribution in [1.29, 1.82) is 0 Å². The first kappa shape index (κ1) is 18.2. The molecule has 26 heavy (non-hydrogen) atoms. The van der Waals surface area contributed by atoms with Crippen molar-refractivity contribution in [2.24, 2.45) is 0 Å². The first-order chi connectivity index (χ1) is 12.8. The summed E-state index contributed by atoms with van der Waals surface area (Å²) in [6, 6.07) is 18.7. The van der Waals surface area contributed by atoms with Gasteiger partial charge in [0.1, 0.15) is 18.5 Å². The van der Waals surface area contributed by atoms with Crippen LogP contribution in [0.15, 0.2) is 73.3 Å². The maximum Gasteiger partial charge on any atom is 0.122 e. The minimum atomic E-state index is -0.560.